The van der Waals surface area contributed by atoms with Gasteiger partial charge in [-0.2, -0.15) is 5.10 Å². The van der Waals surface area contributed by atoms with E-state index >= 15 is 0 Å². The lowest BCUT2D eigenvalue weighted by Gasteiger charge is -2.11. The highest BCUT2D eigenvalue weighted by Gasteiger charge is 2.26. The minimum absolute atomic E-state index is 0.0340. The molecule has 1 aromatic heterocycles. The second-order valence-electron chi connectivity index (χ2n) is 4.86. The van der Waals surface area contributed by atoms with E-state index in [9.17, 15) is 14.9 Å². The molecule has 122 valence electrons. The zero-order chi connectivity index (χ0) is 17.1. The molecule has 9 heteroatoms. The fraction of sp³-hybridized carbons (Fsp3) is 0.286. The maximum absolute atomic E-state index is 11.1. The van der Waals surface area contributed by atoms with Crippen LogP contribution < -0.4 is 15.2 Å². The van der Waals surface area contributed by atoms with Crippen molar-refractivity contribution in [3.63, 3.8) is 0 Å². The van der Waals surface area contributed by atoms with Gasteiger partial charge in [0.05, 0.1) is 4.92 Å². The van der Waals surface area contributed by atoms with Gasteiger partial charge in [-0.05, 0) is 38.1 Å². The Hall–Kier alpha value is -3.10. The van der Waals surface area contributed by atoms with Crippen LogP contribution >= 0.6 is 0 Å². The van der Waals surface area contributed by atoms with Crippen molar-refractivity contribution >= 4 is 11.6 Å². The molecular weight excluding hydrogens is 304 g/mol. The van der Waals surface area contributed by atoms with Crippen LogP contribution in [0.15, 0.2) is 24.3 Å². The number of carbonyl (C=O) groups excluding carboxylic acids is 1. The van der Waals surface area contributed by atoms with Crippen LogP contribution in [-0.4, -0.2) is 26.7 Å². The van der Waals surface area contributed by atoms with Crippen molar-refractivity contribution in [3.8, 4) is 17.4 Å². The van der Waals surface area contributed by atoms with Crippen molar-refractivity contribution in [2.24, 2.45) is 12.8 Å². The molecule has 0 aliphatic heterocycles. The number of aryl methyl sites for hydroxylation is 2. The first-order valence-electron chi connectivity index (χ1n) is 6.71. The SMILES string of the molecule is Cc1nn(C)c(Oc2ccc(OC(C)C(N)=O)cc2)c1[N+](=O)[O-]. The van der Waals surface area contributed by atoms with E-state index in [1.54, 1.807) is 31.3 Å². The minimum atomic E-state index is -0.762. The molecule has 2 aromatic rings. The zero-order valence-corrected chi connectivity index (χ0v) is 12.8. The number of benzene rings is 1. The van der Waals surface area contributed by atoms with Crippen LogP contribution in [0, 0.1) is 17.0 Å². The van der Waals surface area contributed by atoms with E-state index in [4.69, 9.17) is 15.2 Å². The number of carbonyl (C=O) groups is 1. The van der Waals surface area contributed by atoms with Gasteiger partial charge in [0, 0.05) is 7.05 Å². The molecule has 0 saturated carbocycles. The minimum Gasteiger partial charge on any atom is -0.481 e. The predicted octanol–water partition coefficient (Wildman–Crippen LogP) is 1.68. The van der Waals surface area contributed by atoms with Gasteiger partial charge in [0.2, 0.25) is 0 Å². The van der Waals surface area contributed by atoms with E-state index in [1.165, 1.54) is 18.5 Å². The zero-order valence-electron chi connectivity index (χ0n) is 12.8. The monoisotopic (exact) mass is 320 g/mol. The van der Waals surface area contributed by atoms with E-state index < -0.39 is 16.9 Å². The molecule has 1 heterocycles. The van der Waals surface area contributed by atoms with Crippen molar-refractivity contribution in [2.45, 2.75) is 20.0 Å². The summed E-state index contributed by atoms with van der Waals surface area (Å²) >= 11 is 0. The van der Waals surface area contributed by atoms with E-state index in [0.717, 1.165) is 0 Å². The van der Waals surface area contributed by atoms with Gasteiger partial charge in [-0.3, -0.25) is 14.9 Å². The van der Waals surface area contributed by atoms with Gasteiger partial charge in [-0.15, -0.1) is 0 Å². The molecule has 1 unspecified atom stereocenters. The molecule has 1 amide bonds. The topological polar surface area (TPSA) is 123 Å². The molecule has 0 aliphatic rings. The van der Waals surface area contributed by atoms with Crippen molar-refractivity contribution in [1.29, 1.82) is 0 Å². The summed E-state index contributed by atoms with van der Waals surface area (Å²) in [5, 5.41) is 15.1. The molecule has 0 aliphatic carbocycles. The van der Waals surface area contributed by atoms with Crippen molar-refractivity contribution in [1.82, 2.24) is 9.78 Å². The van der Waals surface area contributed by atoms with Crippen LogP contribution in [0.5, 0.6) is 17.4 Å². The fourth-order valence-corrected chi connectivity index (χ4v) is 1.91. The molecule has 1 aromatic carbocycles. The molecule has 0 fully saturated rings. The summed E-state index contributed by atoms with van der Waals surface area (Å²) in [6.45, 7) is 3.07. The highest BCUT2D eigenvalue weighted by molar-refractivity contribution is 5.78. The van der Waals surface area contributed by atoms with Crippen LogP contribution in [-0.2, 0) is 11.8 Å². The molecule has 0 bridgehead atoms. The number of hydrogen-bond donors (Lipinski definition) is 1. The summed E-state index contributed by atoms with van der Waals surface area (Å²) in [5.74, 6) is 0.257. The van der Waals surface area contributed by atoms with Crippen LogP contribution in [0.4, 0.5) is 5.69 Å². The summed E-state index contributed by atoms with van der Waals surface area (Å²) in [6.07, 6.45) is -0.762. The Labute approximate surface area is 131 Å². The summed E-state index contributed by atoms with van der Waals surface area (Å²) in [6, 6.07) is 6.28. The smallest absolute Gasteiger partial charge is 0.353 e. The first-order chi connectivity index (χ1) is 10.8. The highest BCUT2D eigenvalue weighted by Crippen LogP contribution is 2.33. The summed E-state index contributed by atoms with van der Waals surface area (Å²) in [5.41, 5.74) is 5.20. The highest BCUT2D eigenvalue weighted by atomic mass is 16.6. The van der Waals surface area contributed by atoms with E-state index in [1.807, 2.05) is 0 Å². The molecule has 2 N–H and O–H groups in total. The summed E-state index contributed by atoms with van der Waals surface area (Å²) in [7, 11) is 1.56. The normalized spacial score (nSPS) is 11.8. The number of nitrogens with zero attached hydrogens (tertiary/aromatic N) is 3. The molecule has 1 atom stereocenters. The number of rotatable bonds is 6. The number of ether oxygens (including phenoxy) is 2. The predicted molar refractivity (Wildman–Crippen MR) is 80.4 cm³/mol. The van der Waals surface area contributed by atoms with Crippen LogP contribution in [0.1, 0.15) is 12.6 Å². The second-order valence-corrected chi connectivity index (χ2v) is 4.86. The Morgan fingerprint density at radius 2 is 1.91 bits per heavy atom. The number of primary amides is 1. The molecule has 0 saturated heterocycles. The van der Waals surface area contributed by atoms with Gasteiger partial charge in [-0.1, -0.05) is 0 Å². The Kier molecular flexibility index (Phi) is 4.49. The number of nitro groups is 1. The lowest BCUT2D eigenvalue weighted by atomic mass is 10.3. The fourth-order valence-electron chi connectivity index (χ4n) is 1.91. The molecule has 23 heavy (non-hydrogen) atoms. The van der Waals surface area contributed by atoms with Crippen molar-refractivity contribution in [3.05, 3.63) is 40.1 Å². The van der Waals surface area contributed by atoms with Crippen LogP contribution in [0.2, 0.25) is 0 Å². The van der Waals surface area contributed by atoms with Crippen LogP contribution in [0.25, 0.3) is 0 Å². The Morgan fingerprint density at radius 3 is 2.43 bits per heavy atom. The lowest BCUT2D eigenvalue weighted by molar-refractivity contribution is -0.386. The van der Waals surface area contributed by atoms with Gasteiger partial charge in [-0.25, -0.2) is 4.68 Å². The molecule has 0 spiro atoms. The second kappa shape index (κ2) is 6.34. The number of amides is 1. The Bertz CT molecular complexity index is 738. The molecule has 9 nitrogen and oxygen atoms in total. The van der Waals surface area contributed by atoms with Gasteiger partial charge in [0.1, 0.15) is 17.2 Å². The van der Waals surface area contributed by atoms with Gasteiger partial charge < -0.3 is 15.2 Å². The summed E-state index contributed by atoms with van der Waals surface area (Å²) in [4.78, 5) is 21.5. The first-order valence-corrected chi connectivity index (χ1v) is 6.71. The van der Waals surface area contributed by atoms with Gasteiger partial charge in [0.15, 0.2) is 6.10 Å². The van der Waals surface area contributed by atoms with E-state index in [2.05, 4.69) is 5.10 Å². The van der Waals surface area contributed by atoms with E-state index in [0.29, 0.717) is 11.5 Å². The first kappa shape index (κ1) is 16.3. The number of nitrogens with two attached hydrogens (primary N) is 1. The standard InChI is InChI=1S/C14H16N4O5/c1-8-12(18(20)21)14(17(3)16-8)23-11-6-4-10(5-7-11)22-9(2)13(15)19/h4-7,9H,1-3H3,(H2,15,19). The average Bonchev–Trinajstić information content (AvgIpc) is 2.75. The summed E-state index contributed by atoms with van der Waals surface area (Å²) < 4.78 is 12.2. The third-order valence-electron chi connectivity index (χ3n) is 3.07. The molecule has 2 rings (SSSR count). The Balaban J connectivity index is 2.19. The largest absolute Gasteiger partial charge is 0.481 e. The van der Waals surface area contributed by atoms with E-state index in [-0.39, 0.29) is 17.3 Å². The van der Waals surface area contributed by atoms with Crippen molar-refractivity contribution < 1.29 is 19.2 Å². The van der Waals surface area contributed by atoms with Gasteiger partial charge >= 0.3 is 5.69 Å². The maximum Gasteiger partial charge on any atom is 0.353 e. The Morgan fingerprint density at radius 1 is 1.35 bits per heavy atom. The molecular formula is C14H16N4O5. The molecule has 0 radical (unpaired) electrons. The number of aromatic nitrogens is 2. The van der Waals surface area contributed by atoms with Crippen LogP contribution in [0.3, 0.4) is 0 Å². The lowest BCUT2D eigenvalue weighted by Crippen LogP contribution is -2.30. The van der Waals surface area contributed by atoms with Crippen molar-refractivity contribution in [2.75, 3.05) is 0 Å². The quantitative estimate of drug-likeness (QED) is 0.638. The number of hydrogen-bond acceptors (Lipinski definition) is 6. The third kappa shape index (κ3) is 3.57. The third-order valence-corrected chi connectivity index (χ3v) is 3.07. The average molecular weight is 320 g/mol. The maximum atomic E-state index is 11.1. The van der Waals surface area contributed by atoms with Gasteiger partial charge in [0.25, 0.3) is 11.8 Å².